The van der Waals surface area contributed by atoms with Gasteiger partial charge in [0.1, 0.15) is 0 Å². The minimum Gasteiger partial charge on any atom is -0.353 e. The number of hydrogen-bond donors (Lipinski definition) is 1. The third kappa shape index (κ3) is 3.83. The minimum atomic E-state index is 0.196. The summed E-state index contributed by atoms with van der Waals surface area (Å²) < 4.78 is 1.27. The van der Waals surface area contributed by atoms with Crippen LogP contribution in [-0.2, 0) is 4.79 Å². The van der Waals surface area contributed by atoms with E-state index in [-0.39, 0.29) is 5.92 Å². The van der Waals surface area contributed by atoms with Crippen molar-refractivity contribution < 1.29 is 4.79 Å². The number of rotatable bonds is 4. The molecule has 6 heteroatoms. The van der Waals surface area contributed by atoms with Gasteiger partial charge in [0.15, 0.2) is 5.13 Å². The molecule has 27 heavy (non-hydrogen) atoms. The Morgan fingerprint density at radius 2 is 1.89 bits per heavy atom. The summed E-state index contributed by atoms with van der Waals surface area (Å²) in [6, 6.07) is 9.50. The molecule has 1 atom stereocenters. The smallest absolute Gasteiger partial charge is 0.224 e. The fourth-order valence-corrected chi connectivity index (χ4v) is 5.53. The Kier molecular flexibility index (Phi) is 4.78. The highest BCUT2D eigenvalue weighted by Gasteiger charge is 2.34. The zero-order valence-electron chi connectivity index (χ0n) is 15.8. The number of piperidine rings is 2. The number of para-hydroxylation sites is 1. The molecule has 5 nitrogen and oxygen atoms in total. The second kappa shape index (κ2) is 7.40. The predicted octanol–water partition coefficient (Wildman–Crippen LogP) is 3.26. The van der Waals surface area contributed by atoms with E-state index in [1.54, 1.807) is 11.3 Å². The number of fused-ring (bicyclic) bond motifs is 1. The first-order valence-corrected chi connectivity index (χ1v) is 11.2. The first kappa shape index (κ1) is 17.4. The summed E-state index contributed by atoms with van der Waals surface area (Å²) >= 11 is 1.80. The topological polar surface area (TPSA) is 48.5 Å². The lowest BCUT2D eigenvalue weighted by Crippen LogP contribution is -2.51. The maximum absolute atomic E-state index is 12.4. The van der Waals surface area contributed by atoms with Crippen LogP contribution in [0.3, 0.4) is 0 Å². The van der Waals surface area contributed by atoms with Crippen LogP contribution in [0.15, 0.2) is 24.3 Å². The van der Waals surface area contributed by atoms with Gasteiger partial charge in [-0.25, -0.2) is 4.98 Å². The lowest BCUT2D eigenvalue weighted by Gasteiger charge is -2.42. The van der Waals surface area contributed by atoms with Crippen LogP contribution in [-0.4, -0.2) is 54.1 Å². The molecular weight excluding hydrogens is 356 g/mol. The van der Waals surface area contributed by atoms with Gasteiger partial charge in [-0.15, -0.1) is 0 Å². The number of carbonyl (C=O) groups is 1. The van der Waals surface area contributed by atoms with Crippen molar-refractivity contribution in [2.24, 2.45) is 5.92 Å². The van der Waals surface area contributed by atoms with Gasteiger partial charge in [0.2, 0.25) is 5.91 Å². The molecule has 3 fully saturated rings. The summed E-state index contributed by atoms with van der Waals surface area (Å²) in [7, 11) is 0. The summed E-state index contributed by atoms with van der Waals surface area (Å²) in [5, 5.41) is 4.37. The van der Waals surface area contributed by atoms with Crippen molar-refractivity contribution >= 4 is 32.6 Å². The van der Waals surface area contributed by atoms with Crippen molar-refractivity contribution in [3.63, 3.8) is 0 Å². The molecule has 3 aliphatic rings. The summed E-state index contributed by atoms with van der Waals surface area (Å²) in [6.07, 6.45) is 6.90. The van der Waals surface area contributed by atoms with Crippen LogP contribution < -0.4 is 10.2 Å². The van der Waals surface area contributed by atoms with Crippen molar-refractivity contribution in [2.75, 3.05) is 31.1 Å². The Morgan fingerprint density at radius 1 is 1.07 bits per heavy atom. The van der Waals surface area contributed by atoms with E-state index >= 15 is 0 Å². The Bertz CT molecular complexity index is 776. The third-order valence-corrected chi connectivity index (χ3v) is 7.38. The first-order chi connectivity index (χ1) is 13.3. The highest BCUT2D eigenvalue weighted by Crippen LogP contribution is 2.32. The summed E-state index contributed by atoms with van der Waals surface area (Å²) in [5.41, 5.74) is 1.11. The van der Waals surface area contributed by atoms with Gasteiger partial charge in [0.05, 0.1) is 16.1 Å². The third-order valence-electron chi connectivity index (χ3n) is 6.28. The number of amides is 1. The van der Waals surface area contributed by atoms with Crippen LogP contribution >= 0.6 is 11.3 Å². The van der Waals surface area contributed by atoms with E-state index in [1.165, 1.54) is 30.4 Å². The van der Waals surface area contributed by atoms with Gasteiger partial charge < -0.3 is 10.2 Å². The lowest BCUT2D eigenvalue weighted by molar-refractivity contribution is -0.127. The summed E-state index contributed by atoms with van der Waals surface area (Å²) in [4.78, 5) is 22.3. The molecule has 1 aliphatic carbocycles. The zero-order chi connectivity index (χ0) is 18.2. The number of thiazole rings is 1. The molecule has 1 aromatic heterocycles. The standard InChI is InChI=1S/C21H28N4OS/c26-20(22-16-7-8-16)15-4-3-11-25(14-15)17-9-12-24(13-10-17)21-23-18-5-1-2-6-19(18)27-21/h1-2,5-6,15-17H,3-4,7-14H2,(H,22,26)/t15-/m0/s1. The van der Waals surface area contributed by atoms with E-state index in [9.17, 15) is 4.79 Å². The predicted molar refractivity (Wildman–Crippen MR) is 110 cm³/mol. The number of anilines is 1. The molecular formula is C21H28N4OS. The quantitative estimate of drug-likeness (QED) is 0.879. The Balaban J connectivity index is 1.18. The average Bonchev–Trinajstić information content (AvgIpc) is 3.42. The number of benzene rings is 1. The Labute approximate surface area is 164 Å². The summed E-state index contributed by atoms with van der Waals surface area (Å²) in [5.74, 6) is 0.496. The molecule has 0 radical (unpaired) electrons. The fraction of sp³-hybridized carbons (Fsp3) is 0.619. The number of nitrogens with one attached hydrogen (secondary N) is 1. The van der Waals surface area contributed by atoms with E-state index in [4.69, 9.17) is 4.98 Å². The minimum absolute atomic E-state index is 0.196. The first-order valence-electron chi connectivity index (χ1n) is 10.4. The average molecular weight is 385 g/mol. The number of hydrogen-bond acceptors (Lipinski definition) is 5. The highest BCUT2D eigenvalue weighted by atomic mass is 32.1. The van der Waals surface area contributed by atoms with Gasteiger partial charge in [0, 0.05) is 31.7 Å². The molecule has 1 saturated carbocycles. The molecule has 3 heterocycles. The van der Waals surface area contributed by atoms with E-state index < -0.39 is 0 Å². The molecule has 2 aromatic rings. The normalized spacial score (nSPS) is 25.0. The number of aromatic nitrogens is 1. The molecule has 1 N–H and O–H groups in total. The van der Waals surface area contributed by atoms with Gasteiger partial charge in [-0.05, 0) is 57.2 Å². The van der Waals surface area contributed by atoms with Crippen molar-refractivity contribution in [1.29, 1.82) is 0 Å². The maximum Gasteiger partial charge on any atom is 0.224 e. The monoisotopic (exact) mass is 384 g/mol. The van der Waals surface area contributed by atoms with Gasteiger partial charge in [-0.2, -0.15) is 0 Å². The molecule has 2 aliphatic heterocycles. The molecule has 1 amide bonds. The molecule has 0 spiro atoms. The SMILES string of the molecule is O=C(NC1CC1)[C@H]1CCCN(C2CCN(c3nc4ccccc4s3)CC2)C1. The molecule has 144 valence electrons. The van der Waals surface area contributed by atoms with Crippen LogP contribution in [0.2, 0.25) is 0 Å². The van der Waals surface area contributed by atoms with Crippen LogP contribution in [0.25, 0.3) is 10.2 Å². The van der Waals surface area contributed by atoms with Crippen LogP contribution in [0.1, 0.15) is 38.5 Å². The second-order valence-electron chi connectivity index (χ2n) is 8.30. The molecule has 1 aromatic carbocycles. The van der Waals surface area contributed by atoms with Gasteiger partial charge >= 0.3 is 0 Å². The largest absolute Gasteiger partial charge is 0.353 e. The van der Waals surface area contributed by atoms with Crippen molar-refractivity contribution in [1.82, 2.24) is 15.2 Å². The number of likely N-dealkylation sites (tertiary alicyclic amines) is 1. The van der Waals surface area contributed by atoms with E-state index in [1.807, 2.05) is 0 Å². The highest BCUT2D eigenvalue weighted by molar-refractivity contribution is 7.22. The fourth-order valence-electron chi connectivity index (χ4n) is 4.52. The van der Waals surface area contributed by atoms with Crippen molar-refractivity contribution in [2.45, 2.75) is 50.6 Å². The van der Waals surface area contributed by atoms with E-state index in [0.717, 1.165) is 49.7 Å². The van der Waals surface area contributed by atoms with Crippen LogP contribution in [0.4, 0.5) is 5.13 Å². The van der Waals surface area contributed by atoms with Gasteiger partial charge in [-0.1, -0.05) is 23.5 Å². The van der Waals surface area contributed by atoms with Gasteiger partial charge in [0.25, 0.3) is 0 Å². The second-order valence-corrected chi connectivity index (χ2v) is 9.31. The Hall–Kier alpha value is -1.66. The molecule has 0 bridgehead atoms. The number of carbonyl (C=O) groups excluding carboxylic acids is 1. The van der Waals surface area contributed by atoms with E-state index in [0.29, 0.717) is 18.0 Å². The summed E-state index contributed by atoms with van der Waals surface area (Å²) in [6.45, 7) is 4.24. The van der Waals surface area contributed by atoms with E-state index in [2.05, 4.69) is 39.4 Å². The number of nitrogens with zero attached hydrogens (tertiary/aromatic N) is 3. The molecule has 2 saturated heterocycles. The zero-order valence-corrected chi connectivity index (χ0v) is 16.6. The Morgan fingerprint density at radius 3 is 2.67 bits per heavy atom. The van der Waals surface area contributed by atoms with Crippen LogP contribution in [0, 0.1) is 5.92 Å². The van der Waals surface area contributed by atoms with Crippen molar-refractivity contribution in [3.8, 4) is 0 Å². The molecule has 5 rings (SSSR count). The lowest BCUT2D eigenvalue weighted by atomic mass is 9.93. The molecule has 0 unspecified atom stereocenters. The van der Waals surface area contributed by atoms with Crippen molar-refractivity contribution in [3.05, 3.63) is 24.3 Å². The van der Waals surface area contributed by atoms with Crippen LogP contribution in [0.5, 0.6) is 0 Å². The van der Waals surface area contributed by atoms with Gasteiger partial charge in [-0.3, -0.25) is 9.69 Å². The maximum atomic E-state index is 12.4.